The van der Waals surface area contributed by atoms with Gasteiger partial charge in [0.15, 0.2) is 0 Å². The summed E-state index contributed by atoms with van der Waals surface area (Å²) in [5, 5.41) is 3.35. The van der Waals surface area contributed by atoms with Gasteiger partial charge >= 0.3 is 0 Å². The van der Waals surface area contributed by atoms with Gasteiger partial charge in [0, 0.05) is 17.6 Å². The monoisotopic (exact) mass is 195 g/mol. The number of halogens is 1. The van der Waals surface area contributed by atoms with Crippen molar-refractivity contribution in [3.63, 3.8) is 0 Å². The molecule has 1 nitrogen and oxygen atoms in total. The van der Waals surface area contributed by atoms with E-state index < -0.39 is 0 Å². The first kappa shape index (κ1) is 11.2. The zero-order valence-corrected chi connectivity index (χ0v) is 9.05. The van der Waals surface area contributed by atoms with E-state index in [1.54, 1.807) is 6.07 Å². The molecule has 0 bridgehead atoms. The maximum absolute atomic E-state index is 13.4. The second kappa shape index (κ2) is 5.11. The number of nitrogens with one attached hydrogen (secondary N) is 1. The molecule has 0 amide bonds. The van der Waals surface area contributed by atoms with Gasteiger partial charge in [0.05, 0.1) is 0 Å². The first-order valence-electron chi connectivity index (χ1n) is 5.15. The molecule has 1 rings (SSSR count). The minimum atomic E-state index is -0.129. The first-order valence-corrected chi connectivity index (χ1v) is 5.15. The van der Waals surface area contributed by atoms with Crippen molar-refractivity contribution in [3.8, 4) is 0 Å². The standard InChI is InChI=1S/C12H18FN/c1-4-9(2)14-10(3)11-7-5-6-8-12(11)13/h5-10,14H,4H2,1-3H3/t9-,10-/m0/s1. The van der Waals surface area contributed by atoms with Gasteiger partial charge in [-0.15, -0.1) is 0 Å². The van der Waals surface area contributed by atoms with Crippen LogP contribution >= 0.6 is 0 Å². The second-order valence-electron chi connectivity index (χ2n) is 3.72. The van der Waals surface area contributed by atoms with Gasteiger partial charge in [-0.1, -0.05) is 25.1 Å². The summed E-state index contributed by atoms with van der Waals surface area (Å²) in [4.78, 5) is 0. The van der Waals surface area contributed by atoms with E-state index in [0.29, 0.717) is 6.04 Å². The van der Waals surface area contributed by atoms with Crippen molar-refractivity contribution < 1.29 is 4.39 Å². The van der Waals surface area contributed by atoms with Crippen molar-refractivity contribution in [2.45, 2.75) is 39.3 Å². The molecule has 0 saturated carbocycles. The maximum Gasteiger partial charge on any atom is 0.127 e. The molecule has 0 aromatic heterocycles. The SMILES string of the molecule is CC[C@H](C)N[C@@H](C)c1ccccc1F. The summed E-state index contributed by atoms with van der Waals surface area (Å²) in [5.74, 6) is -0.129. The molecule has 2 heteroatoms. The Balaban J connectivity index is 2.69. The average molecular weight is 195 g/mol. The molecule has 1 aromatic rings. The van der Waals surface area contributed by atoms with Crippen LogP contribution in [0.3, 0.4) is 0 Å². The highest BCUT2D eigenvalue weighted by atomic mass is 19.1. The summed E-state index contributed by atoms with van der Waals surface area (Å²) >= 11 is 0. The van der Waals surface area contributed by atoms with E-state index in [-0.39, 0.29) is 11.9 Å². The van der Waals surface area contributed by atoms with Gasteiger partial charge in [-0.3, -0.25) is 0 Å². The average Bonchev–Trinajstić information content (AvgIpc) is 2.18. The minimum Gasteiger partial charge on any atom is -0.308 e. The first-order chi connectivity index (χ1) is 6.65. The number of hydrogen-bond acceptors (Lipinski definition) is 1. The topological polar surface area (TPSA) is 12.0 Å². The van der Waals surface area contributed by atoms with E-state index in [0.717, 1.165) is 12.0 Å². The summed E-state index contributed by atoms with van der Waals surface area (Å²) in [6.45, 7) is 6.22. The third-order valence-corrected chi connectivity index (χ3v) is 2.52. The molecule has 14 heavy (non-hydrogen) atoms. The van der Waals surface area contributed by atoms with E-state index in [9.17, 15) is 4.39 Å². The van der Waals surface area contributed by atoms with E-state index >= 15 is 0 Å². The van der Waals surface area contributed by atoms with Crippen molar-refractivity contribution in [2.75, 3.05) is 0 Å². The Hall–Kier alpha value is -0.890. The normalized spacial score (nSPS) is 15.1. The molecule has 0 fully saturated rings. The predicted molar refractivity (Wildman–Crippen MR) is 57.7 cm³/mol. The lowest BCUT2D eigenvalue weighted by atomic mass is 10.1. The summed E-state index contributed by atoms with van der Waals surface area (Å²) < 4.78 is 13.4. The Morgan fingerprint density at radius 3 is 2.50 bits per heavy atom. The fourth-order valence-corrected chi connectivity index (χ4v) is 1.46. The van der Waals surface area contributed by atoms with Gasteiger partial charge < -0.3 is 5.32 Å². The van der Waals surface area contributed by atoms with Crippen LogP contribution in [0.25, 0.3) is 0 Å². The quantitative estimate of drug-likeness (QED) is 0.777. The Morgan fingerprint density at radius 2 is 1.93 bits per heavy atom. The van der Waals surface area contributed by atoms with Crippen molar-refractivity contribution in [3.05, 3.63) is 35.6 Å². The fraction of sp³-hybridized carbons (Fsp3) is 0.500. The van der Waals surface area contributed by atoms with Gasteiger partial charge in [0.25, 0.3) is 0 Å². The van der Waals surface area contributed by atoms with Gasteiger partial charge in [-0.2, -0.15) is 0 Å². The van der Waals surface area contributed by atoms with Crippen LogP contribution in [-0.4, -0.2) is 6.04 Å². The summed E-state index contributed by atoms with van der Waals surface area (Å²) in [6.07, 6.45) is 1.05. The third kappa shape index (κ3) is 2.81. The molecular weight excluding hydrogens is 177 g/mol. The zero-order valence-electron chi connectivity index (χ0n) is 9.05. The smallest absolute Gasteiger partial charge is 0.127 e. The molecule has 78 valence electrons. The number of benzene rings is 1. The molecule has 2 atom stereocenters. The molecule has 0 aliphatic carbocycles. The Kier molecular flexibility index (Phi) is 4.08. The molecule has 1 N–H and O–H groups in total. The van der Waals surface area contributed by atoms with Crippen molar-refractivity contribution in [2.24, 2.45) is 0 Å². The lowest BCUT2D eigenvalue weighted by Gasteiger charge is -2.19. The van der Waals surface area contributed by atoms with Crippen LogP contribution < -0.4 is 5.32 Å². The summed E-state index contributed by atoms with van der Waals surface area (Å²) in [6, 6.07) is 7.41. The maximum atomic E-state index is 13.4. The highest BCUT2D eigenvalue weighted by molar-refractivity contribution is 5.20. The Bertz CT molecular complexity index is 285. The highest BCUT2D eigenvalue weighted by Gasteiger charge is 2.11. The summed E-state index contributed by atoms with van der Waals surface area (Å²) in [7, 11) is 0. The zero-order chi connectivity index (χ0) is 10.6. The van der Waals surface area contributed by atoms with Crippen LogP contribution in [0.1, 0.15) is 38.8 Å². The molecule has 0 radical (unpaired) electrons. The van der Waals surface area contributed by atoms with Crippen LogP contribution in [0.2, 0.25) is 0 Å². The molecule has 0 aliphatic rings. The minimum absolute atomic E-state index is 0.0751. The second-order valence-corrected chi connectivity index (χ2v) is 3.72. The number of rotatable bonds is 4. The van der Waals surface area contributed by atoms with Crippen LogP contribution in [-0.2, 0) is 0 Å². The highest BCUT2D eigenvalue weighted by Crippen LogP contribution is 2.16. The molecule has 0 aliphatic heterocycles. The van der Waals surface area contributed by atoms with E-state index in [1.165, 1.54) is 6.07 Å². The predicted octanol–water partition coefficient (Wildman–Crippen LogP) is 3.27. The summed E-state index contributed by atoms with van der Waals surface area (Å²) in [5.41, 5.74) is 0.743. The van der Waals surface area contributed by atoms with E-state index in [1.807, 2.05) is 19.1 Å². The fourth-order valence-electron chi connectivity index (χ4n) is 1.46. The molecule has 0 spiro atoms. The third-order valence-electron chi connectivity index (χ3n) is 2.52. The van der Waals surface area contributed by atoms with Crippen molar-refractivity contribution in [1.82, 2.24) is 5.32 Å². The van der Waals surface area contributed by atoms with Gasteiger partial charge in [-0.25, -0.2) is 4.39 Å². The lowest BCUT2D eigenvalue weighted by Crippen LogP contribution is -2.28. The van der Waals surface area contributed by atoms with Crippen molar-refractivity contribution in [1.29, 1.82) is 0 Å². The molecule has 0 heterocycles. The number of hydrogen-bond donors (Lipinski definition) is 1. The molecule has 0 unspecified atom stereocenters. The van der Waals surface area contributed by atoms with Crippen LogP contribution in [0.5, 0.6) is 0 Å². The van der Waals surface area contributed by atoms with Gasteiger partial charge in [0.2, 0.25) is 0 Å². The van der Waals surface area contributed by atoms with E-state index in [4.69, 9.17) is 0 Å². The Labute approximate surface area is 85.3 Å². The van der Waals surface area contributed by atoms with E-state index in [2.05, 4.69) is 19.2 Å². The molecule has 0 saturated heterocycles. The van der Waals surface area contributed by atoms with Crippen LogP contribution in [0, 0.1) is 5.82 Å². The molecule has 1 aromatic carbocycles. The van der Waals surface area contributed by atoms with Crippen LogP contribution in [0.4, 0.5) is 4.39 Å². The molecular formula is C12H18FN. The van der Waals surface area contributed by atoms with Gasteiger partial charge in [-0.05, 0) is 26.3 Å². The van der Waals surface area contributed by atoms with Crippen molar-refractivity contribution >= 4 is 0 Å². The Morgan fingerprint density at radius 1 is 1.29 bits per heavy atom. The van der Waals surface area contributed by atoms with Crippen LogP contribution in [0.15, 0.2) is 24.3 Å². The van der Waals surface area contributed by atoms with Gasteiger partial charge in [0.1, 0.15) is 5.82 Å². The largest absolute Gasteiger partial charge is 0.308 e. The lowest BCUT2D eigenvalue weighted by molar-refractivity contribution is 0.454.